The van der Waals surface area contributed by atoms with Crippen LogP contribution in [0.15, 0.2) is 169 Å². The minimum absolute atomic E-state index is 0.326. The summed E-state index contributed by atoms with van der Waals surface area (Å²) in [4.78, 5) is 62.3. The van der Waals surface area contributed by atoms with Crippen LogP contribution < -0.4 is 46.1 Å². The first-order valence-corrected chi connectivity index (χ1v) is 34.4. The molecule has 522 valence electrons. The zero-order chi connectivity index (χ0) is 71.5. The minimum atomic E-state index is -0.383. The Balaban J connectivity index is 0.000000163. The second-order valence-corrected chi connectivity index (χ2v) is 26.0. The summed E-state index contributed by atoms with van der Waals surface area (Å²) in [7, 11) is 6.63. The summed E-state index contributed by atoms with van der Waals surface area (Å²) in [5.41, 5.74) is 8.49. The van der Waals surface area contributed by atoms with Gasteiger partial charge in [0.05, 0.1) is 76.7 Å². The molecule has 0 radical (unpaired) electrons. The number of aliphatic imine (C=N–C) groups is 1. The fourth-order valence-corrected chi connectivity index (χ4v) is 11.9. The highest BCUT2D eigenvalue weighted by Crippen LogP contribution is 2.37. The van der Waals surface area contributed by atoms with Gasteiger partial charge in [0, 0.05) is 128 Å². The van der Waals surface area contributed by atoms with Crippen molar-refractivity contribution in [2.24, 2.45) is 4.99 Å². The molecule has 27 heteroatoms. The molecule has 6 heterocycles. The Hall–Kier alpha value is -9.87. The van der Waals surface area contributed by atoms with E-state index in [0.717, 1.165) is 97.7 Å². The average molecular weight is 1480 g/mol. The summed E-state index contributed by atoms with van der Waals surface area (Å²) >= 11 is 36.4. The van der Waals surface area contributed by atoms with Crippen LogP contribution in [0.4, 0.5) is 34.5 Å². The molecule has 3 aliphatic rings. The van der Waals surface area contributed by atoms with Crippen molar-refractivity contribution in [3.8, 4) is 17.2 Å². The first-order valence-electron chi connectivity index (χ1n) is 32.2. The number of amidine groups is 3. The van der Waals surface area contributed by atoms with Crippen molar-refractivity contribution in [3.05, 3.63) is 244 Å². The zero-order valence-corrected chi connectivity index (χ0v) is 60.2. The molecule has 2 saturated heterocycles. The second-order valence-electron chi connectivity index (χ2n) is 23.4. The quantitative estimate of drug-likeness (QED) is 0.0246. The van der Waals surface area contributed by atoms with Gasteiger partial charge in [0.2, 0.25) is 0 Å². The van der Waals surface area contributed by atoms with Gasteiger partial charge in [-0.2, -0.15) is 0 Å². The van der Waals surface area contributed by atoms with Gasteiger partial charge in [0.1, 0.15) is 52.2 Å². The SMILES string of the molecule is COc1cc(Cl)cc(C(=O)Nc2ccc(Cl)cn2)c1NCc1ccc(C(=N)N2CCC2)cc1.COc1cc(Cl)cc(C(=O)Nc2ccc(Cl)cn2)c1NCc1ccc(C(=N)N2CCCCC2)cc1.COc1cc(Cl)cc(C(=O)Nc2ccc(Cl)cn2)c1NCc1ccc(C2=NCCN2C)cc1. The lowest BCUT2D eigenvalue weighted by atomic mass is 10.1. The van der Waals surface area contributed by atoms with E-state index in [4.69, 9.17) is 94.6 Å². The van der Waals surface area contributed by atoms with Crippen molar-refractivity contribution >= 4 is 139 Å². The monoisotopic (exact) mass is 1480 g/mol. The number of piperidine rings is 1. The van der Waals surface area contributed by atoms with E-state index in [1.807, 2.05) is 72.6 Å². The van der Waals surface area contributed by atoms with E-state index >= 15 is 0 Å². The molecule has 6 aromatic carbocycles. The summed E-state index contributed by atoms with van der Waals surface area (Å²) in [6.07, 6.45) is 9.03. The molecule has 0 atom stereocenters. The van der Waals surface area contributed by atoms with Crippen molar-refractivity contribution in [3.63, 3.8) is 0 Å². The zero-order valence-electron chi connectivity index (χ0n) is 55.6. The number of halogens is 6. The topological polar surface area (TPSA) is 260 Å². The molecule has 21 nitrogen and oxygen atoms in total. The molecule has 12 rings (SSSR count). The first kappa shape index (κ1) is 73.8. The van der Waals surface area contributed by atoms with Crippen LogP contribution in [0.3, 0.4) is 0 Å². The van der Waals surface area contributed by atoms with Crippen LogP contribution in [0, 0.1) is 10.8 Å². The number of rotatable bonds is 21. The Morgan fingerprint density at radius 1 is 0.426 bits per heavy atom. The van der Waals surface area contributed by atoms with Gasteiger partial charge >= 0.3 is 0 Å². The molecule has 0 unspecified atom stereocenters. The number of carbonyl (C=O) groups is 3. The number of likely N-dealkylation sites (tertiary alicyclic amines) is 2. The predicted octanol–water partition coefficient (Wildman–Crippen LogP) is 16.3. The Morgan fingerprint density at radius 2 is 0.762 bits per heavy atom. The van der Waals surface area contributed by atoms with Crippen molar-refractivity contribution in [2.75, 3.05) is 99.5 Å². The minimum Gasteiger partial charge on any atom is -0.495 e. The third kappa shape index (κ3) is 20.0. The van der Waals surface area contributed by atoms with Crippen LogP contribution in [-0.4, -0.2) is 133 Å². The van der Waals surface area contributed by atoms with E-state index < -0.39 is 0 Å². The largest absolute Gasteiger partial charge is 0.495 e. The van der Waals surface area contributed by atoms with Crippen LogP contribution in [-0.2, 0) is 19.6 Å². The highest BCUT2D eigenvalue weighted by Gasteiger charge is 2.24. The molecule has 0 spiro atoms. The molecule has 0 aliphatic carbocycles. The van der Waals surface area contributed by atoms with Crippen LogP contribution in [0.5, 0.6) is 17.2 Å². The smallest absolute Gasteiger partial charge is 0.259 e. The summed E-state index contributed by atoms with van der Waals surface area (Å²) in [5, 5.41) is 37.6. The van der Waals surface area contributed by atoms with Crippen molar-refractivity contribution in [1.82, 2.24) is 29.7 Å². The van der Waals surface area contributed by atoms with Gasteiger partial charge in [-0.1, -0.05) is 142 Å². The molecule has 101 heavy (non-hydrogen) atoms. The molecule has 8 N–H and O–H groups in total. The Bertz CT molecular complexity index is 4430. The normalized spacial score (nSPS) is 13.0. The van der Waals surface area contributed by atoms with E-state index in [-0.39, 0.29) is 17.7 Å². The van der Waals surface area contributed by atoms with Crippen LogP contribution in [0.2, 0.25) is 30.1 Å². The van der Waals surface area contributed by atoms with Crippen LogP contribution in [0.1, 0.15) is 90.1 Å². The highest BCUT2D eigenvalue weighted by molar-refractivity contribution is 6.33. The van der Waals surface area contributed by atoms with Crippen molar-refractivity contribution in [1.29, 1.82) is 10.8 Å². The molecule has 0 saturated carbocycles. The maximum Gasteiger partial charge on any atom is 0.259 e. The maximum atomic E-state index is 13.1. The van der Waals surface area contributed by atoms with Crippen molar-refractivity contribution in [2.45, 2.75) is 45.3 Å². The number of methoxy groups -OCH3 is 3. The molecule has 2 fully saturated rings. The fraction of sp³-hybridized carbons (Fsp3) is 0.230. The number of pyridine rings is 3. The number of hydrogen-bond acceptors (Lipinski definition) is 16. The van der Waals surface area contributed by atoms with E-state index in [2.05, 4.69) is 73.8 Å². The number of likely N-dealkylation sites (N-methyl/N-ethyl adjacent to an activating group) is 1. The van der Waals surface area contributed by atoms with Gasteiger partial charge in [0.25, 0.3) is 17.7 Å². The number of amides is 3. The van der Waals surface area contributed by atoms with E-state index in [9.17, 15) is 14.4 Å². The molecule has 3 aromatic heterocycles. The lowest BCUT2D eigenvalue weighted by Gasteiger charge is -2.33. The number of ether oxygens (including phenoxy) is 3. The summed E-state index contributed by atoms with van der Waals surface area (Å²) in [5.74, 6) is 3.48. The number of carbonyl (C=O) groups excluding carboxylic acids is 3. The van der Waals surface area contributed by atoms with E-state index in [0.29, 0.717) is 130 Å². The van der Waals surface area contributed by atoms with Gasteiger partial charge in [-0.15, -0.1) is 0 Å². The molecule has 3 aliphatic heterocycles. The third-order valence-corrected chi connectivity index (χ3v) is 17.8. The Kier molecular flexibility index (Phi) is 25.9. The molecule has 0 bridgehead atoms. The van der Waals surface area contributed by atoms with Crippen LogP contribution in [0.25, 0.3) is 0 Å². The van der Waals surface area contributed by atoms with Gasteiger partial charge in [-0.3, -0.25) is 30.2 Å². The van der Waals surface area contributed by atoms with Crippen molar-refractivity contribution < 1.29 is 28.6 Å². The Morgan fingerprint density at radius 3 is 1.05 bits per heavy atom. The number of hydrogen-bond donors (Lipinski definition) is 8. The lowest BCUT2D eigenvalue weighted by molar-refractivity contribution is 0.101. The number of anilines is 6. The third-order valence-electron chi connectivity index (χ3n) is 16.5. The van der Waals surface area contributed by atoms with Gasteiger partial charge in [0.15, 0.2) is 0 Å². The summed E-state index contributed by atoms with van der Waals surface area (Å²) in [6.45, 7) is 6.91. The standard InChI is InChI=1S/C26H27Cl2N5O2.2C24H23Cl2N5O2/c1-35-22-14-20(28)13-21(26(34)32-23-10-9-19(27)16-30-23)24(22)31-15-17-5-7-18(8-6-17)25(29)33-11-3-2-4-12-33;1-31-10-9-27-23(31)16-5-3-15(4-6-16)13-29-22-19(11-18(26)12-20(22)33-2)24(32)30-21-8-7-17(25)14-28-21;1-33-20-12-18(26)11-19(24(32)30-21-8-7-17(25)14-28-21)22(20)29-13-15-3-5-16(6-4-15)23(27)31-9-2-10-31/h5-10,13-14,16,29,31H,2-4,11-12,15H2,1H3,(H,30,32,34);3-8,11-12,14,29H,9-10,13H2,1-2H3,(H,28,30,32);3-8,11-12,14,27,29H,2,9-10,13H2,1H3,(H,28,30,32). The van der Waals surface area contributed by atoms with E-state index in [1.165, 1.54) is 46.3 Å². The number of nitrogens with zero attached hydrogens (tertiary/aromatic N) is 7. The molecular weight excluding hydrogens is 1410 g/mol. The Labute approximate surface area is 615 Å². The molecule has 3 amide bonds. The number of benzene rings is 6. The lowest BCUT2D eigenvalue weighted by Crippen LogP contribution is -2.42. The summed E-state index contributed by atoms with van der Waals surface area (Å²) in [6, 6.07) is 43.5. The highest BCUT2D eigenvalue weighted by atomic mass is 35.5. The summed E-state index contributed by atoms with van der Waals surface area (Å²) < 4.78 is 16.5. The van der Waals surface area contributed by atoms with E-state index in [1.54, 1.807) is 72.8 Å². The second kappa shape index (κ2) is 35.4. The fourth-order valence-electron chi connectivity index (χ4n) is 11.0. The maximum absolute atomic E-state index is 13.1. The van der Waals surface area contributed by atoms with Gasteiger partial charge in [-0.05, 0) is 97.0 Å². The predicted molar refractivity (Wildman–Crippen MR) is 406 cm³/mol. The number of aromatic nitrogens is 3. The van der Waals surface area contributed by atoms with Crippen LogP contribution >= 0.6 is 69.6 Å². The molecule has 9 aromatic rings. The van der Waals surface area contributed by atoms with Gasteiger partial charge in [-0.25, -0.2) is 15.0 Å². The molecular formula is C74H73Cl6N15O6. The average Bonchev–Trinajstić information content (AvgIpc) is 1.33. The first-order chi connectivity index (χ1) is 48.8. The number of nitrogens with one attached hydrogen (secondary N) is 8. The van der Waals surface area contributed by atoms with Gasteiger partial charge < -0.3 is 60.8 Å².